The summed E-state index contributed by atoms with van der Waals surface area (Å²) < 4.78 is 16.9. The van der Waals surface area contributed by atoms with Gasteiger partial charge in [0.05, 0.1) is 25.9 Å². The average Bonchev–Trinajstić information content (AvgIpc) is 3.18. The molecule has 2 fully saturated rings. The lowest BCUT2D eigenvalue weighted by molar-refractivity contribution is -0.0431. The molecule has 3 rings (SSSR count). The summed E-state index contributed by atoms with van der Waals surface area (Å²) in [6, 6.07) is 8.57. The van der Waals surface area contributed by atoms with Crippen LogP contribution in [0, 0.1) is 0 Å². The Labute approximate surface area is 168 Å². The summed E-state index contributed by atoms with van der Waals surface area (Å²) in [6.45, 7) is 7.90. The molecule has 0 aliphatic carbocycles. The molecule has 0 spiro atoms. The molecule has 2 aliphatic heterocycles. The van der Waals surface area contributed by atoms with E-state index in [0.29, 0.717) is 25.8 Å². The van der Waals surface area contributed by atoms with E-state index in [2.05, 4.69) is 22.5 Å². The van der Waals surface area contributed by atoms with Crippen LogP contribution < -0.4 is 15.4 Å². The summed E-state index contributed by atoms with van der Waals surface area (Å²) >= 11 is 0. The van der Waals surface area contributed by atoms with Crippen molar-refractivity contribution in [1.29, 1.82) is 0 Å². The van der Waals surface area contributed by atoms with Gasteiger partial charge in [0.15, 0.2) is 5.96 Å². The largest absolute Gasteiger partial charge is 0.493 e. The first kappa shape index (κ1) is 20.9. The summed E-state index contributed by atoms with van der Waals surface area (Å²) in [4.78, 5) is 7.30. The average molecular weight is 391 g/mol. The SMILES string of the molecule is CCNC(=NCC1CN2CCCC2CO1)Nc1cccc(OCCCOC)c1. The van der Waals surface area contributed by atoms with Crippen molar-refractivity contribution in [3.63, 3.8) is 0 Å². The third kappa shape index (κ3) is 6.36. The van der Waals surface area contributed by atoms with Crippen molar-refractivity contribution in [2.75, 3.05) is 58.4 Å². The molecule has 7 heteroatoms. The summed E-state index contributed by atoms with van der Waals surface area (Å²) in [6.07, 6.45) is 3.60. The van der Waals surface area contributed by atoms with Gasteiger partial charge >= 0.3 is 0 Å². The van der Waals surface area contributed by atoms with E-state index >= 15 is 0 Å². The van der Waals surface area contributed by atoms with E-state index in [4.69, 9.17) is 19.2 Å². The molecule has 2 aliphatic rings. The van der Waals surface area contributed by atoms with Crippen molar-refractivity contribution in [1.82, 2.24) is 10.2 Å². The van der Waals surface area contributed by atoms with Crippen LogP contribution in [0.4, 0.5) is 5.69 Å². The number of nitrogens with one attached hydrogen (secondary N) is 2. The maximum Gasteiger partial charge on any atom is 0.195 e. The Bertz CT molecular complexity index is 625. The fraction of sp³-hybridized carbons (Fsp3) is 0.667. The van der Waals surface area contributed by atoms with Gasteiger partial charge in [0.1, 0.15) is 5.75 Å². The van der Waals surface area contributed by atoms with Crippen molar-refractivity contribution in [3.05, 3.63) is 24.3 Å². The van der Waals surface area contributed by atoms with Crippen LogP contribution in [0.15, 0.2) is 29.3 Å². The van der Waals surface area contributed by atoms with E-state index in [1.54, 1.807) is 7.11 Å². The highest BCUT2D eigenvalue weighted by Crippen LogP contribution is 2.22. The fourth-order valence-corrected chi connectivity index (χ4v) is 3.69. The molecule has 2 saturated heterocycles. The van der Waals surface area contributed by atoms with Crippen LogP contribution in [0.25, 0.3) is 0 Å². The lowest BCUT2D eigenvalue weighted by Gasteiger charge is -2.34. The van der Waals surface area contributed by atoms with Crippen molar-refractivity contribution < 1.29 is 14.2 Å². The molecule has 156 valence electrons. The molecule has 0 radical (unpaired) electrons. The Morgan fingerprint density at radius 1 is 1.36 bits per heavy atom. The van der Waals surface area contributed by atoms with Gasteiger partial charge in [0.2, 0.25) is 0 Å². The highest BCUT2D eigenvalue weighted by atomic mass is 16.5. The Kier molecular flexibility index (Phi) is 8.39. The Hall–Kier alpha value is -1.83. The molecular formula is C21H34N4O3. The molecule has 2 unspecified atom stereocenters. The number of methoxy groups -OCH3 is 1. The fourth-order valence-electron chi connectivity index (χ4n) is 3.69. The van der Waals surface area contributed by atoms with Gasteiger partial charge in [0, 0.05) is 51.0 Å². The molecule has 28 heavy (non-hydrogen) atoms. The minimum atomic E-state index is 0.167. The van der Waals surface area contributed by atoms with Crippen LogP contribution in [-0.2, 0) is 9.47 Å². The normalized spacial score (nSPS) is 22.7. The number of rotatable bonds is 9. The Morgan fingerprint density at radius 3 is 3.14 bits per heavy atom. The van der Waals surface area contributed by atoms with Gasteiger partial charge in [-0.2, -0.15) is 0 Å². The van der Waals surface area contributed by atoms with Gasteiger partial charge in [-0.05, 0) is 38.4 Å². The van der Waals surface area contributed by atoms with Gasteiger partial charge in [-0.15, -0.1) is 0 Å². The zero-order chi connectivity index (χ0) is 19.6. The molecule has 2 atom stereocenters. The minimum Gasteiger partial charge on any atom is -0.493 e. The molecule has 0 saturated carbocycles. The number of guanidine groups is 1. The van der Waals surface area contributed by atoms with Gasteiger partial charge in [-0.3, -0.25) is 9.89 Å². The minimum absolute atomic E-state index is 0.167. The van der Waals surface area contributed by atoms with E-state index in [0.717, 1.165) is 43.5 Å². The molecule has 2 heterocycles. The first-order valence-corrected chi connectivity index (χ1v) is 10.4. The number of nitrogens with zero attached hydrogens (tertiary/aromatic N) is 2. The van der Waals surface area contributed by atoms with Crippen LogP contribution in [-0.4, -0.2) is 76.1 Å². The number of ether oxygens (including phenoxy) is 3. The van der Waals surface area contributed by atoms with Crippen LogP contribution in [0.3, 0.4) is 0 Å². The first-order valence-electron chi connectivity index (χ1n) is 10.4. The lowest BCUT2D eigenvalue weighted by Crippen LogP contribution is -2.47. The second-order valence-electron chi connectivity index (χ2n) is 7.31. The quantitative estimate of drug-likeness (QED) is 0.383. The molecule has 7 nitrogen and oxygen atoms in total. The number of anilines is 1. The Morgan fingerprint density at radius 2 is 2.29 bits per heavy atom. The van der Waals surface area contributed by atoms with Gasteiger partial charge in [-0.25, -0.2) is 0 Å². The smallest absolute Gasteiger partial charge is 0.195 e. The molecule has 2 N–H and O–H groups in total. The van der Waals surface area contributed by atoms with Gasteiger partial charge in [0.25, 0.3) is 0 Å². The van der Waals surface area contributed by atoms with Crippen molar-refractivity contribution >= 4 is 11.6 Å². The number of morpholine rings is 1. The maximum atomic E-state index is 6.02. The zero-order valence-electron chi connectivity index (χ0n) is 17.2. The predicted octanol–water partition coefficient (Wildman–Crippen LogP) is 2.34. The lowest BCUT2D eigenvalue weighted by atomic mass is 10.2. The van der Waals surface area contributed by atoms with Crippen molar-refractivity contribution in [2.24, 2.45) is 4.99 Å². The van der Waals surface area contributed by atoms with Crippen LogP contribution in [0.2, 0.25) is 0 Å². The standard InChI is InChI=1S/C21H34N4O3/c1-3-22-21(23-14-20-15-25-10-5-8-18(25)16-28-20)24-17-7-4-9-19(13-17)27-12-6-11-26-2/h4,7,9,13,18,20H,3,5-6,8,10-12,14-16H2,1-2H3,(H2,22,23,24). The predicted molar refractivity (Wildman–Crippen MR) is 112 cm³/mol. The second-order valence-corrected chi connectivity index (χ2v) is 7.31. The number of hydrogen-bond acceptors (Lipinski definition) is 5. The molecule has 0 bridgehead atoms. The topological polar surface area (TPSA) is 67.4 Å². The van der Waals surface area contributed by atoms with E-state index in [9.17, 15) is 0 Å². The molecule has 1 aromatic carbocycles. The Balaban J connectivity index is 1.52. The van der Waals surface area contributed by atoms with Crippen molar-refractivity contribution in [3.8, 4) is 5.75 Å². The number of aliphatic imine (C=N–C) groups is 1. The molecular weight excluding hydrogens is 356 g/mol. The summed E-state index contributed by atoms with van der Waals surface area (Å²) in [5, 5.41) is 6.68. The van der Waals surface area contributed by atoms with E-state index in [-0.39, 0.29) is 6.10 Å². The number of benzene rings is 1. The first-order chi connectivity index (χ1) is 13.8. The van der Waals surface area contributed by atoms with Crippen molar-refractivity contribution in [2.45, 2.75) is 38.3 Å². The van der Waals surface area contributed by atoms with E-state index in [1.807, 2.05) is 24.3 Å². The maximum absolute atomic E-state index is 6.02. The van der Waals surface area contributed by atoms with E-state index < -0.39 is 0 Å². The summed E-state index contributed by atoms with van der Waals surface area (Å²) in [5.41, 5.74) is 0.952. The zero-order valence-corrected chi connectivity index (χ0v) is 17.2. The van der Waals surface area contributed by atoms with Gasteiger partial charge < -0.3 is 24.8 Å². The molecule has 0 amide bonds. The third-order valence-electron chi connectivity index (χ3n) is 5.12. The molecule has 0 aromatic heterocycles. The summed E-state index contributed by atoms with van der Waals surface area (Å²) in [7, 11) is 1.70. The van der Waals surface area contributed by atoms with E-state index in [1.165, 1.54) is 19.4 Å². The molecule has 1 aromatic rings. The van der Waals surface area contributed by atoms with Gasteiger partial charge in [-0.1, -0.05) is 6.07 Å². The number of fused-ring (bicyclic) bond motifs is 1. The second kappa shape index (κ2) is 11.2. The van der Waals surface area contributed by atoms with Crippen LogP contribution >= 0.6 is 0 Å². The highest BCUT2D eigenvalue weighted by molar-refractivity contribution is 5.93. The monoisotopic (exact) mass is 390 g/mol. The summed E-state index contributed by atoms with van der Waals surface area (Å²) in [5.74, 6) is 1.61. The van der Waals surface area contributed by atoms with Crippen LogP contribution in [0.1, 0.15) is 26.2 Å². The van der Waals surface area contributed by atoms with Crippen LogP contribution in [0.5, 0.6) is 5.75 Å². The third-order valence-corrected chi connectivity index (χ3v) is 5.12. The highest BCUT2D eigenvalue weighted by Gasteiger charge is 2.31. The number of hydrogen-bond donors (Lipinski definition) is 2.